The molecule has 1 aromatic rings. The molecular formula is C17H31N3. The van der Waals surface area contributed by atoms with Crippen molar-refractivity contribution in [3.8, 4) is 0 Å². The topological polar surface area (TPSA) is 32.5 Å². The van der Waals surface area contributed by atoms with E-state index in [0.29, 0.717) is 6.04 Å². The van der Waals surface area contributed by atoms with Gasteiger partial charge < -0.3 is 10.6 Å². The molecule has 0 saturated carbocycles. The number of aryl methyl sites for hydroxylation is 1. The number of benzene rings is 1. The van der Waals surface area contributed by atoms with Crippen LogP contribution in [0.5, 0.6) is 0 Å². The average Bonchev–Trinajstić information content (AvgIpc) is 2.33. The Labute approximate surface area is 124 Å². The fourth-order valence-corrected chi connectivity index (χ4v) is 3.07. The van der Waals surface area contributed by atoms with Crippen molar-refractivity contribution in [1.82, 2.24) is 9.80 Å². The third-order valence-corrected chi connectivity index (χ3v) is 3.80. The lowest BCUT2D eigenvalue weighted by Gasteiger charge is -2.39. The molecule has 1 rings (SSSR count). The van der Waals surface area contributed by atoms with Gasteiger partial charge in [-0.05, 0) is 47.0 Å². The van der Waals surface area contributed by atoms with Gasteiger partial charge in [-0.2, -0.15) is 0 Å². The van der Waals surface area contributed by atoms with E-state index in [-0.39, 0.29) is 12.1 Å². The first kappa shape index (κ1) is 17.2. The molecular weight excluding hydrogens is 246 g/mol. The van der Waals surface area contributed by atoms with Crippen LogP contribution in [0.2, 0.25) is 0 Å². The predicted molar refractivity (Wildman–Crippen MR) is 88.0 cm³/mol. The molecule has 20 heavy (non-hydrogen) atoms. The summed E-state index contributed by atoms with van der Waals surface area (Å²) in [4.78, 5) is 4.75. The van der Waals surface area contributed by atoms with Crippen LogP contribution in [-0.2, 0) is 0 Å². The van der Waals surface area contributed by atoms with Crippen molar-refractivity contribution < 1.29 is 0 Å². The zero-order valence-corrected chi connectivity index (χ0v) is 13.9. The lowest BCUT2D eigenvalue weighted by molar-refractivity contribution is 0.114. The molecule has 3 unspecified atom stereocenters. The maximum absolute atomic E-state index is 6.31. The zero-order valence-electron chi connectivity index (χ0n) is 13.9. The largest absolute Gasteiger partial charge is 0.326 e. The molecule has 3 heteroatoms. The van der Waals surface area contributed by atoms with Gasteiger partial charge in [-0.3, -0.25) is 4.90 Å². The summed E-state index contributed by atoms with van der Waals surface area (Å²) in [6.45, 7) is 10.8. The van der Waals surface area contributed by atoms with Gasteiger partial charge in [0.2, 0.25) is 0 Å². The van der Waals surface area contributed by atoms with Gasteiger partial charge in [-0.25, -0.2) is 0 Å². The summed E-state index contributed by atoms with van der Waals surface area (Å²) in [6.07, 6.45) is 0. The van der Waals surface area contributed by atoms with Crippen LogP contribution in [0.15, 0.2) is 24.3 Å². The summed E-state index contributed by atoms with van der Waals surface area (Å²) in [6, 6.07) is 9.60. The SMILES string of the molecule is CCN(C(C)CN(C)C)C(c1cccc(C)c1)C(C)N. The molecule has 0 aliphatic rings. The summed E-state index contributed by atoms with van der Waals surface area (Å²) < 4.78 is 0. The normalized spacial score (nSPS) is 16.4. The molecule has 0 spiro atoms. The fraction of sp³-hybridized carbons (Fsp3) is 0.647. The second kappa shape index (κ2) is 7.77. The third kappa shape index (κ3) is 4.58. The number of nitrogens with zero attached hydrogens (tertiary/aromatic N) is 2. The van der Waals surface area contributed by atoms with E-state index >= 15 is 0 Å². The first-order valence-electron chi connectivity index (χ1n) is 7.59. The van der Waals surface area contributed by atoms with Gasteiger partial charge in [-0.1, -0.05) is 36.8 Å². The lowest BCUT2D eigenvalue weighted by Crippen LogP contribution is -2.47. The number of nitrogens with two attached hydrogens (primary N) is 1. The molecule has 0 radical (unpaired) electrons. The van der Waals surface area contributed by atoms with Crippen LogP contribution in [0.4, 0.5) is 0 Å². The molecule has 0 aliphatic carbocycles. The summed E-state index contributed by atoms with van der Waals surface area (Å²) >= 11 is 0. The molecule has 3 nitrogen and oxygen atoms in total. The standard InChI is InChI=1S/C17H31N3/c1-7-20(14(3)12-19(5)6)17(15(4)18)16-10-8-9-13(2)11-16/h8-11,14-15,17H,7,12,18H2,1-6H3. The molecule has 1 aromatic carbocycles. The highest BCUT2D eigenvalue weighted by Crippen LogP contribution is 2.26. The summed E-state index contributed by atoms with van der Waals surface area (Å²) in [7, 11) is 4.25. The van der Waals surface area contributed by atoms with E-state index in [1.807, 2.05) is 0 Å². The Morgan fingerprint density at radius 3 is 2.30 bits per heavy atom. The van der Waals surface area contributed by atoms with Crippen molar-refractivity contribution in [1.29, 1.82) is 0 Å². The predicted octanol–water partition coefficient (Wildman–Crippen LogP) is 2.66. The van der Waals surface area contributed by atoms with Crippen molar-refractivity contribution in [2.24, 2.45) is 5.73 Å². The van der Waals surface area contributed by atoms with E-state index in [2.05, 4.69) is 75.9 Å². The Morgan fingerprint density at radius 2 is 1.85 bits per heavy atom. The molecule has 0 saturated heterocycles. The number of rotatable bonds is 7. The van der Waals surface area contributed by atoms with Crippen molar-refractivity contribution in [2.75, 3.05) is 27.2 Å². The van der Waals surface area contributed by atoms with Gasteiger partial charge in [0.05, 0.1) is 0 Å². The summed E-state index contributed by atoms with van der Waals surface area (Å²) in [5, 5.41) is 0. The Hall–Kier alpha value is -0.900. The monoisotopic (exact) mass is 277 g/mol. The minimum atomic E-state index is 0.112. The molecule has 3 atom stereocenters. The van der Waals surface area contributed by atoms with Crippen LogP contribution in [-0.4, -0.2) is 49.1 Å². The Bertz CT molecular complexity index is 401. The maximum Gasteiger partial charge on any atom is 0.0499 e. The molecule has 114 valence electrons. The minimum absolute atomic E-state index is 0.112. The molecule has 2 N–H and O–H groups in total. The van der Waals surface area contributed by atoms with Gasteiger partial charge in [0.25, 0.3) is 0 Å². The van der Waals surface area contributed by atoms with E-state index in [1.165, 1.54) is 11.1 Å². The lowest BCUT2D eigenvalue weighted by atomic mass is 9.96. The van der Waals surface area contributed by atoms with Gasteiger partial charge in [0.15, 0.2) is 0 Å². The third-order valence-electron chi connectivity index (χ3n) is 3.80. The molecule has 0 aliphatic heterocycles. The second-order valence-electron chi connectivity index (χ2n) is 6.16. The van der Waals surface area contributed by atoms with Crippen LogP contribution in [0.3, 0.4) is 0 Å². The average molecular weight is 277 g/mol. The Kier molecular flexibility index (Phi) is 6.66. The van der Waals surface area contributed by atoms with Crippen molar-refractivity contribution >= 4 is 0 Å². The van der Waals surface area contributed by atoms with E-state index in [0.717, 1.165) is 13.1 Å². The number of likely N-dealkylation sites (N-methyl/N-ethyl adjacent to an activating group) is 2. The van der Waals surface area contributed by atoms with Crippen molar-refractivity contribution in [3.05, 3.63) is 35.4 Å². The first-order valence-corrected chi connectivity index (χ1v) is 7.59. The van der Waals surface area contributed by atoms with Crippen LogP contribution in [0.1, 0.15) is 37.9 Å². The Morgan fingerprint density at radius 1 is 1.20 bits per heavy atom. The van der Waals surface area contributed by atoms with E-state index in [4.69, 9.17) is 5.73 Å². The maximum atomic E-state index is 6.31. The zero-order chi connectivity index (χ0) is 15.3. The Balaban J connectivity index is 3.04. The second-order valence-corrected chi connectivity index (χ2v) is 6.16. The molecule has 0 fully saturated rings. The van der Waals surface area contributed by atoms with Crippen molar-refractivity contribution in [3.63, 3.8) is 0 Å². The highest BCUT2D eigenvalue weighted by molar-refractivity contribution is 5.26. The van der Waals surface area contributed by atoms with E-state index in [1.54, 1.807) is 0 Å². The molecule has 0 aromatic heterocycles. The molecule has 0 heterocycles. The highest BCUT2D eigenvalue weighted by Gasteiger charge is 2.27. The van der Waals surface area contributed by atoms with Crippen LogP contribution in [0, 0.1) is 6.92 Å². The summed E-state index contributed by atoms with van der Waals surface area (Å²) in [5.41, 5.74) is 8.93. The highest BCUT2D eigenvalue weighted by atomic mass is 15.2. The first-order chi connectivity index (χ1) is 9.36. The summed E-state index contributed by atoms with van der Waals surface area (Å²) in [5.74, 6) is 0. The van der Waals surface area contributed by atoms with E-state index < -0.39 is 0 Å². The van der Waals surface area contributed by atoms with Gasteiger partial charge in [0.1, 0.15) is 0 Å². The van der Waals surface area contributed by atoms with Crippen molar-refractivity contribution in [2.45, 2.75) is 45.8 Å². The van der Waals surface area contributed by atoms with Crippen LogP contribution >= 0.6 is 0 Å². The fourth-order valence-electron chi connectivity index (χ4n) is 3.07. The molecule has 0 bridgehead atoms. The van der Waals surface area contributed by atoms with Crippen LogP contribution < -0.4 is 5.73 Å². The van der Waals surface area contributed by atoms with Gasteiger partial charge >= 0.3 is 0 Å². The van der Waals surface area contributed by atoms with E-state index in [9.17, 15) is 0 Å². The molecule has 0 amide bonds. The minimum Gasteiger partial charge on any atom is -0.326 e. The number of hydrogen-bond acceptors (Lipinski definition) is 3. The quantitative estimate of drug-likeness (QED) is 0.831. The van der Waals surface area contributed by atoms with Gasteiger partial charge in [-0.15, -0.1) is 0 Å². The smallest absolute Gasteiger partial charge is 0.0499 e. The number of hydrogen-bond donors (Lipinski definition) is 1. The van der Waals surface area contributed by atoms with Crippen LogP contribution in [0.25, 0.3) is 0 Å². The van der Waals surface area contributed by atoms with Gasteiger partial charge in [0, 0.05) is 24.7 Å².